The van der Waals surface area contributed by atoms with Crippen LogP contribution >= 0.6 is 0 Å². The van der Waals surface area contributed by atoms with Gasteiger partial charge in [0.2, 0.25) is 0 Å². The predicted octanol–water partition coefficient (Wildman–Crippen LogP) is 3.07. The van der Waals surface area contributed by atoms with Gasteiger partial charge in [0.15, 0.2) is 0 Å². The van der Waals surface area contributed by atoms with E-state index in [1.807, 2.05) is 25.2 Å². The third-order valence-electron chi connectivity index (χ3n) is 0.936. The second-order valence-electron chi connectivity index (χ2n) is 1.85. The van der Waals surface area contributed by atoms with Crippen molar-refractivity contribution in [2.75, 3.05) is 0 Å². The minimum absolute atomic E-state index is 1.13. The van der Waals surface area contributed by atoms with Gasteiger partial charge >= 0.3 is 0 Å². The highest BCUT2D eigenvalue weighted by atomic mass is 13.7. The van der Waals surface area contributed by atoms with Crippen LogP contribution in [0.1, 0.15) is 26.7 Å². The molecule has 0 amide bonds. The molecule has 0 unspecified atom stereocenters. The van der Waals surface area contributed by atoms with E-state index in [9.17, 15) is 0 Å². The first-order chi connectivity index (χ1) is 4.41. The van der Waals surface area contributed by atoms with Gasteiger partial charge in [-0.25, -0.2) is 0 Å². The summed E-state index contributed by atoms with van der Waals surface area (Å²) in [5.41, 5.74) is 3.05. The summed E-state index contributed by atoms with van der Waals surface area (Å²) in [4.78, 5) is 0. The molecule has 0 saturated carbocycles. The average Bonchev–Trinajstić information content (AvgIpc) is 1.89. The molecule has 0 atom stereocenters. The molecule has 0 rings (SSSR count). The smallest absolute Gasteiger partial charge is 0.0206 e. The molecule has 0 aromatic rings. The molecule has 0 aliphatic carbocycles. The van der Waals surface area contributed by atoms with Crippen molar-refractivity contribution in [3.63, 3.8) is 0 Å². The molecule has 0 saturated heterocycles. The number of hydrogen-bond acceptors (Lipinski definition) is 0. The molecular formula is C9H14. The Morgan fingerprint density at radius 1 is 1.44 bits per heavy atom. The van der Waals surface area contributed by atoms with Gasteiger partial charge in [-0.15, -0.1) is 5.73 Å². The number of unbranched alkanes of at least 4 members (excludes halogenated alkanes) is 1. The predicted molar refractivity (Wildman–Crippen MR) is 42.4 cm³/mol. The fraction of sp³-hybridized carbons (Fsp3) is 0.444. The molecule has 0 aliphatic heterocycles. The topological polar surface area (TPSA) is 0 Å². The van der Waals surface area contributed by atoms with Crippen molar-refractivity contribution in [1.82, 2.24) is 0 Å². The Morgan fingerprint density at radius 3 is 2.78 bits per heavy atom. The van der Waals surface area contributed by atoms with Crippen LogP contribution in [0.15, 0.2) is 30.0 Å². The van der Waals surface area contributed by atoms with Crippen LogP contribution in [0, 0.1) is 0 Å². The van der Waals surface area contributed by atoms with Gasteiger partial charge in [0.05, 0.1) is 0 Å². The molecule has 0 aromatic carbocycles. The lowest BCUT2D eigenvalue weighted by Gasteiger charge is -1.75. The van der Waals surface area contributed by atoms with Crippen LogP contribution in [0.3, 0.4) is 0 Å². The van der Waals surface area contributed by atoms with E-state index in [4.69, 9.17) is 0 Å². The van der Waals surface area contributed by atoms with Gasteiger partial charge in [0.25, 0.3) is 0 Å². The van der Waals surface area contributed by atoms with E-state index in [2.05, 4.69) is 18.7 Å². The molecule has 0 aromatic heterocycles. The van der Waals surface area contributed by atoms with E-state index in [1.54, 1.807) is 0 Å². The summed E-state index contributed by atoms with van der Waals surface area (Å²) in [6, 6.07) is 0. The molecule has 0 N–H and O–H groups in total. The maximum atomic E-state index is 3.05. The summed E-state index contributed by atoms with van der Waals surface area (Å²) in [6.07, 6.45) is 10.3. The van der Waals surface area contributed by atoms with E-state index < -0.39 is 0 Å². The lowest BCUT2D eigenvalue weighted by Crippen LogP contribution is -1.55. The van der Waals surface area contributed by atoms with E-state index in [0.717, 1.165) is 6.42 Å². The molecule has 0 radical (unpaired) electrons. The molecular weight excluding hydrogens is 108 g/mol. The van der Waals surface area contributed by atoms with Crippen molar-refractivity contribution in [3.05, 3.63) is 30.0 Å². The van der Waals surface area contributed by atoms with E-state index in [-0.39, 0.29) is 0 Å². The minimum Gasteiger partial charge on any atom is -0.125 e. The summed E-state index contributed by atoms with van der Waals surface area (Å²) < 4.78 is 0. The van der Waals surface area contributed by atoms with Gasteiger partial charge < -0.3 is 0 Å². The quantitative estimate of drug-likeness (QED) is 0.398. The van der Waals surface area contributed by atoms with Gasteiger partial charge in [0.1, 0.15) is 0 Å². The monoisotopic (exact) mass is 122 g/mol. The molecule has 0 fully saturated rings. The van der Waals surface area contributed by atoms with Gasteiger partial charge in [0, 0.05) is 0 Å². The van der Waals surface area contributed by atoms with E-state index in [0.29, 0.717) is 0 Å². The summed E-state index contributed by atoms with van der Waals surface area (Å²) in [7, 11) is 0. The number of hydrogen-bond donors (Lipinski definition) is 0. The van der Waals surface area contributed by atoms with Crippen molar-refractivity contribution in [1.29, 1.82) is 0 Å². The Morgan fingerprint density at radius 2 is 2.22 bits per heavy atom. The van der Waals surface area contributed by atoms with Crippen LogP contribution in [0.2, 0.25) is 0 Å². The fourth-order valence-electron chi connectivity index (χ4n) is 0.447. The largest absolute Gasteiger partial charge is 0.125 e. The van der Waals surface area contributed by atoms with Crippen molar-refractivity contribution in [3.8, 4) is 0 Å². The molecule has 0 aliphatic rings. The van der Waals surface area contributed by atoms with Crippen LogP contribution in [-0.2, 0) is 0 Å². The Labute approximate surface area is 57.6 Å². The zero-order valence-electron chi connectivity index (χ0n) is 6.22. The standard InChI is InChI=1S/C9H14/c1-3-5-7-9-8-6-4-2/h3,5,7-8H,4,6H2,1-2H3/b5-3+. The van der Waals surface area contributed by atoms with Crippen LogP contribution in [0.25, 0.3) is 0 Å². The Hall–Kier alpha value is -0.740. The molecule has 0 heterocycles. The first kappa shape index (κ1) is 8.26. The molecule has 50 valence electrons. The highest BCUT2D eigenvalue weighted by Gasteiger charge is 1.65. The lowest BCUT2D eigenvalue weighted by atomic mass is 10.3. The van der Waals surface area contributed by atoms with Gasteiger partial charge in [-0.05, 0) is 25.5 Å². The Balaban J connectivity index is 3.41. The van der Waals surface area contributed by atoms with Crippen LogP contribution < -0.4 is 0 Å². The fourth-order valence-corrected chi connectivity index (χ4v) is 0.447. The molecule has 0 spiro atoms. The number of rotatable bonds is 3. The molecule has 0 heteroatoms. The maximum Gasteiger partial charge on any atom is -0.0206 e. The molecule has 0 bridgehead atoms. The maximum absolute atomic E-state index is 3.05. The zero-order valence-corrected chi connectivity index (χ0v) is 6.22. The van der Waals surface area contributed by atoms with Crippen molar-refractivity contribution < 1.29 is 0 Å². The van der Waals surface area contributed by atoms with Crippen LogP contribution in [0.4, 0.5) is 0 Å². The van der Waals surface area contributed by atoms with Gasteiger partial charge in [-0.2, -0.15) is 0 Å². The minimum atomic E-state index is 1.13. The van der Waals surface area contributed by atoms with Crippen molar-refractivity contribution in [2.24, 2.45) is 0 Å². The normalized spacial score (nSPS) is 9.11. The Kier molecular flexibility index (Phi) is 6.66. The lowest BCUT2D eigenvalue weighted by molar-refractivity contribution is 0.960. The second kappa shape index (κ2) is 7.26. The molecule has 9 heavy (non-hydrogen) atoms. The summed E-state index contributed by atoms with van der Waals surface area (Å²) >= 11 is 0. The Bertz CT molecular complexity index is 123. The first-order valence-electron chi connectivity index (χ1n) is 3.44. The van der Waals surface area contributed by atoms with Crippen molar-refractivity contribution in [2.45, 2.75) is 26.7 Å². The summed E-state index contributed by atoms with van der Waals surface area (Å²) in [6.45, 7) is 4.16. The number of allylic oxidation sites excluding steroid dienone is 3. The highest BCUT2D eigenvalue weighted by Crippen LogP contribution is 1.85. The SMILES string of the molecule is C/C=C/C=C=CCCC. The van der Waals surface area contributed by atoms with E-state index in [1.165, 1.54) is 6.42 Å². The van der Waals surface area contributed by atoms with Crippen LogP contribution in [0.5, 0.6) is 0 Å². The molecule has 0 nitrogen and oxygen atoms in total. The summed E-state index contributed by atoms with van der Waals surface area (Å²) in [5, 5.41) is 0. The van der Waals surface area contributed by atoms with Gasteiger partial charge in [-0.3, -0.25) is 0 Å². The van der Waals surface area contributed by atoms with E-state index >= 15 is 0 Å². The zero-order chi connectivity index (χ0) is 6.95. The van der Waals surface area contributed by atoms with Crippen molar-refractivity contribution >= 4 is 0 Å². The summed E-state index contributed by atoms with van der Waals surface area (Å²) in [5.74, 6) is 0. The first-order valence-corrected chi connectivity index (χ1v) is 3.44. The third-order valence-corrected chi connectivity index (χ3v) is 0.936. The van der Waals surface area contributed by atoms with Gasteiger partial charge in [-0.1, -0.05) is 25.5 Å². The van der Waals surface area contributed by atoms with Crippen LogP contribution in [-0.4, -0.2) is 0 Å². The third kappa shape index (κ3) is 7.26. The highest BCUT2D eigenvalue weighted by molar-refractivity contribution is 5.00. The average molecular weight is 122 g/mol. The second-order valence-corrected chi connectivity index (χ2v) is 1.85.